The summed E-state index contributed by atoms with van der Waals surface area (Å²) in [6.07, 6.45) is 1.12. The number of amides is 1. The molecule has 2 aromatic rings. The topological polar surface area (TPSA) is 71.2 Å². The number of rotatable bonds is 2. The number of benzene rings is 1. The van der Waals surface area contributed by atoms with Crippen LogP contribution < -0.4 is 10.9 Å². The minimum Gasteiger partial charge on any atom is -0.444 e. The predicted molar refractivity (Wildman–Crippen MR) is 85.3 cm³/mol. The van der Waals surface area contributed by atoms with Gasteiger partial charge in [-0.3, -0.25) is 4.79 Å². The first-order valence-corrected chi connectivity index (χ1v) is 7.32. The van der Waals surface area contributed by atoms with Gasteiger partial charge in [-0.1, -0.05) is 15.9 Å². The summed E-state index contributed by atoms with van der Waals surface area (Å²) in [5, 5.41) is 4.07. The third-order valence-electron chi connectivity index (χ3n) is 2.77. The molecule has 1 amide bonds. The van der Waals surface area contributed by atoms with E-state index in [2.05, 4.69) is 26.2 Å². The average molecular weight is 353 g/mol. The van der Waals surface area contributed by atoms with E-state index >= 15 is 0 Å². The number of fused-ring (bicyclic) bond motifs is 1. The number of aromatic nitrogens is 1. The first kappa shape index (κ1) is 15.6. The molecule has 0 aliphatic heterocycles. The molecule has 0 saturated carbocycles. The van der Waals surface area contributed by atoms with Crippen molar-refractivity contribution in [3.8, 4) is 0 Å². The zero-order valence-corrected chi connectivity index (χ0v) is 13.7. The van der Waals surface area contributed by atoms with Crippen molar-refractivity contribution in [3.05, 3.63) is 44.8 Å². The fourth-order valence-electron chi connectivity index (χ4n) is 1.92. The van der Waals surface area contributed by atoms with Crippen molar-refractivity contribution in [2.24, 2.45) is 0 Å². The van der Waals surface area contributed by atoms with E-state index < -0.39 is 11.7 Å². The van der Waals surface area contributed by atoms with Gasteiger partial charge in [0.15, 0.2) is 0 Å². The van der Waals surface area contributed by atoms with E-state index in [1.54, 1.807) is 33.0 Å². The Morgan fingerprint density at radius 3 is 2.71 bits per heavy atom. The van der Waals surface area contributed by atoms with Gasteiger partial charge in [0.1, 0.15) is 5.60 Å². The molecule has 6 heteroatoms. The molecule has 0 unspecified atom stereocenters. The molecule has 1 aromatic carbocycles. The molecule has 0 aliphatic carbocycles. The van der Waals surface area contributed by atoms with Gasteiger partial charge in [0.25, 0.3) is 5.56 Å². The highest BCUT2D eigenvalue weighted by molar-refractivity contribution is 9.10. The summed E-state index contributed by atoms with van der Waals surface area (Å²) >= 11 is 3.39. The van der Waals surface area contributed by atoms with Crippen LogP contribution in [0.4, 0.5) is 4.79 Å². The number of H-pyrrole nitrogens is 1. The fraction of sp³-hybridized carbons (Fsp3) is 0.333. The Labute approximate surface area is 130 Å². The fourth-order valence-corrected chi connectivity index (χ4v) is 2.28. The molecule has 5 nitrogen and oxygen atoms in total. The van der Waals surface area contributed by atoms with Gasteiger partial charge >= 0.3 is 6.09 Å². The number of carbonyl (C=O) groups is 1. The third kappa shape index (κ3) is 4.07. The molecule has 0 atom stereocenters. The van der Waals surface area contributed by atoms with Gasteiger partial charge in [-0.15, -0.1) is 0 Å². The van der Waals surface area contributed by atoms with Crippen molar-refractivity contribution in [1.29, 1.82) is 0 Å². The van der Waals surface area contributed by atoms with Gasteiger partial charge in [-0.25, -0.2) is 4.79 Å². The number of carbonyl (C=O) groups excluding carboxylic acids is 1. The third-order valence-corrected chi connectivity index (χ3v) is 3.26. The Kier molecular flexibility index (Phi) is 4.37. The molecule has 1 heterocycles. The lowest BCUT2D eigenvalue weighted by Gasteiger charge is -2.19. The molecule has 2 N–H and O–H groups in total. The van der Waals surface area contributed by atoms with Crippen molar-refractivity contribution >= 4 is 32.8 Å². The lowest BCUT2D eigenvalue weighted by atomic mass is 10.1. The Morgan fingerprint density at radius 2 is 2.05 bits per heavy atom. The van der Waals surface area contributed by atoms with Crippen LogP contribution in [0.25, 0.3) is 10.8 Å². The number of aromatic amines is 1. The van der Waals surface area contributed by atoms with Crippen LogP contribution in [0, 0.1) is 0 Å². The van der Waals surface area contributed by atoms with Crippen molar-refractivity contribution < 1.29 is 9.53 Å². The van der Waals surface area contributed by atoms with Crippen molar-refractivity contribution in [3.63, 3.8) is 0 Å². The normalized spacial score (nSPS) is 11.4. The molecule has 0 radical (unpaired) electrons. The number of hydrogen-bond donors (Lipinski definition) is 2. The number of ether oxygens (including phenoxy) is 1. The molecule has 0 spiro atoms. The van der Waals surface area contributed by atoms with E-state index in [1.807, 2.05) is 12.1 Å². The number of halogens is 1. The van der Waals surface area contributed by atoms with E-state index in [-0.39, 0.29) is 12.1 Å². The summed E-state index contributed by atoms with van der Waals surface area (Å²) in [4.78, 5) is 26.1. The van der Waals surface area contributed by atoms with E-state index in [9.17, 15) is 9.59 Å². The van der Waals surface area contributed by atoms with Crippen LogP contribution in [0.1, 0.15) is 26.3 Å². The van der Waals surface area contributed by atoms with E-state index in [0.29, 0.717) is 5.39 Å². The number of hydrogen-bond acceptors (Lipinski definition) is 3. The highest BCUT2D eigenvalue weighted by atomic mass is 79.9. The van der Waals surface area contributed by atoms with Crippen LogP contribution in [-0.2, 0) is 11.3 Å². The Hall–Kier alpha value is -1.82. The zero-order valence-electron chi connectivity index (χ0n) is 12.1. The first-order valence-electron chi connectivity index (χ1n) is 6.53. The maximum Gasteiger partial charge on any atom is 0.407 e. The van der Waals surface area contributed by atoms with Crippen molar-refractivity contribution in [2.75, 3.05) is 0 Å². The molecule has 21 heavy (non-hydrogen) atoms. The first-order chi connectivity index (χ1) is 9.76. The summed E-state index contributed by atoms with van der Waals surface area (Å²) in [7, 11) is 0. The molecular weight excluding hydrogens is 336 g/mol. The second kappa shape index (κ2) is 5.89. The molecule has 0 aliphatic rings. The maximum atomic E-state index is 11.8. The predicted octanol–water partition coefficient (Wildman–Crippen LogP) is 3.32. The van der Waals surface area contributed by atoms with E-state index in [4.69, 9.17) is 4.74 Å². The Balaban J connectivity index is 2.23. The van der Waals surface area contributed by atoms with Crippen LogP contribution in [0.3, 0.4) is 0 Å². The van der Waals surface area contributed by atoms with Crippen LogP contribution in [0.15, 0.2) is 33.7 Å². The monoisotopic (exact) mass is 352 g/mol. The summed E-state index contributed by atoms with van der Waals surface area (Å²) < 4.78 is 6.06. The molecular formula is C15H17BrN2O3. The standard InChI is InChI=1S/C15H17BrN2O3/c1-15(2,3)21-14(20)18-8-9-7-17-13(19)11-5-4-10(16)6-12(9)11/h4-7H,8H2,1-3H3,(H,17,19)(H,18,20). The van der Waals surface area contributed by atoms with Crippen molar-refractivity contribution in [2.45, 2.75) is 32.9 Å². The molecule has 2 rings (SSSR count). The van der Waals surface area contributed by atoms with Crippen LogP contribution in [0.5, 0.6) is 0 Å². The summed E-state index contributed by atoms with van der Waals surface area (Å²) in [5.41, 5.74) is 0.121. The van der Waals surface area contributed by atoms with Gasteiger partial charge < -0.3 is 15.0 Å². The molecule has 112 valence electrons. The second-order valence-electron chi connectivity index (χ2n) is 5.69. The largest absolute Gasteiger partial charge is 0.444 e. The number of nitrogens with one attached hydrogen (secondary N) is 2. The zero-order chi connectivity index (χ0) is 15.6. The lowest BCUT2D eigenvalue weighted by Crippen LogP contribution is -2.32. The van der Waals surface area contributed by atoms with Gasteiger partial charge in [-0.05, 0) is 49.9 Å². The Bertz CT molecular complexity index is 732. The molecule has 1 aromatic heterocycles. The lowest BCUT2D eigenvalue weighted by molar-refractivity contribution is 0.0524. The number of pyridine rings is 1. The van der Waals surface area contributed by atoms with E-state index in [0.717, 1.165) is 15.4 Å². The molecule has 0 fully saturated rings. The van der Waals surface area contributed by atoms with Crippen LogP contribution in [0.2, 0.25) is 0 Å². The minimum atomic E-state index is -0.541. The number of alkyl carbamates (subject to hydrolysis) is 1. The van der Waals surface area contributed by atoms with Crippen LogP contribution >= 0.6 is 15.9 Å². The summed E-state index contributed by atoms with van der Waals surface area (Å²) in [5.74, 6) is 0. The van der Waals surface area contributed by atoms with Gasteiger partial charge in [0, 0.05) is 22.6 Å². The van der Waals surface area contributed by atoms with Gasteiger partial charge in [0.2, 0.25) is 0 Å². The van der Waals surface area contributed by atoms with Gasteiger partial charge in [-0.2, -0.15) is 0 Å². The smallest absolute Gasteiger partial charge is 0.407 e. The minimum absolute atomic E-state index is 0.154. The SMILES string of the molecule is CC(C)(C)OC(=O)NCc1c[nH]c(=O)c2ccc(Br)cc12. The molecule has 0 bridgehead atoms. The van der Waals surface area contributed by atoms with E-state index in [1.165, 1.54) is 0 Å². The van der Waals surface area contributed by atoms with Crippen LogP contribution in [-0.4, -0.2) is 16.7 Å². The second-order valence-corrected chi connectivity index (χ2v) is 6.60. The highest BCUT2D eigenvalue weighted by Crippen LogP contribution is 2.20. The average Bonchev–Trinajstić information content (AvgIpc) is 2.35. The Morgan fingerprint density at radius 1 is 1.33 bits per heavy atom. The maximum absolute atomic E-state index is 11.8. The van der Waals surface area contributed by atoms with Crippen molar-refractivity contribution in [1.82, 2.24) is 10.3 Å². The quantitative estimate of drug-likeness (QED) is 0.870. The molecule has 0 saturated heterocycles. The van der Waals surface area contributed by atoms with Gasteiger partial charge in [0.05, 0.1) is 0 Å². The summed E-state index contributed by atoms with van der Waals surface area (Å²) in [6.45, 7) is 5.69. The summed E-state index contributed by atoms with van der Waals surface area (Å²) in [6, 6.07) is 5.41. The highest BCUT2D eigenvalue weighted by Gasteiger charge is 2.16.